The lowest BCUT2D eigenvalue weighted by molar-refractivity contribution is 0.112. The second-order valence-corrected chi connectivity index (χ2v) is 5.50. The number of carbonyl (C=O) groups is 1. The Hall–Kier alpha value is -2.29. The first-order valence-corrected chi connectivity index (χ1v) is 7.06. The molecule has 2 aromatic rings. The zero-order valence-electron chi connectivity index (χ0n) is 12.5. The van der Waals surface area contributed by atoms with Crippen LogP contribution in [0.2, 0.25) is 0 Å². The van der Waals surface area contributed by atoms with E-state index in [0.717, 1.165) is 52.7 Å². The molecule has 2 aromatic carbocycles. The molecule has 108 valence electrons. The highest BCUT2D eigenvalue weighted by atomic mass is 16.5. The molecule has 0 unspecified atom stereocenters. The third-order valence-electron chi connectivity index (χ3n) is 4.51. The highest BCUT2D eigenvalue weighted by molar-refractivity contribution is 5.93. The van der Waals surface area contributed by atoms with Crippen molar-refractivity contribution in [2.24, 2.45) is 0 Å². The van der Waals surface area contributed by atoms with Crippen LogP contribution in [0.15, 0.2) is 18.2 Å². The van der Waals surface area contributed by atoms with Crippen LogP contribution in [-0.2, 0) is 12.8 Å². The molecule has 0 bridgehead atoms. The number of rotatable bonds is 2. The van der Waals surface area contributed by atoms with Crippen LogP contribution in [0.25, 0.3) is 11.1 Å². The topological polar surface area (TPSA) is 46.5 Å². The summed E-state index contributed by atoms with van der Waals surface area (Å²) in [7, 11) is 1.63. The largest absolute Gasteiger partial charge is 0.508 e. The molecule has 1 N–H and O–H groups in total. The van der Waals surface area contributed by atoms with E-state index in [9.17, 15) is 9.90 Å². The molecule has 0 spiro atoms. The summed E-state index contributed by atoms with van der Waals surface area (Å²) in [6.07, 6.45) is 2.61. The number of methoxy groups -OCH3 is 1. The summed E-state index contributed by atoms with van der Waals surface area (Å²) in [6, 6.07) is 5.42. The van der Waals surface area contributed by atoms with Crippen LogP contribution in [0, 0.1) is 13.8 Å². The maximum Gasteiger partial charge on any atom is 0.150 e. The van der Waals surface area contributed by atoms with Crippen LogP contribution in [0.3, 0.4) is 0 Å². The predicted octanol–water partition coefficient (Wildman–Crippen LogP) is 3.60. The van der Waals surface area contributed by atoms with Crippen molar-refractivity contribution in [3.05, 3.63) is 46.0 Å². The Morgan fingerprint density at radius 3 is 2.52 bits per heavy atom. The van der Waals surface area contributed by atoms with Gasteiger partial charge in [0, 0.05) is 5.56 Å². The van der Waals surface area contributed by atoms with Gasteiger partial charge in [-0.05, 0) is 72.2 Å². The van der Waals surface area contributed by atoms with Gasteiger partial charge in [-0.15, -0.1) is 0 Å². The van der Waals surface area contributed by atoms with Gasteiger partial charge in [-0.2, -0.15) is 0 Å². The minimum atomic E-state index is 0.315. The van der Waals surface area contributed by atoms with Crippen molar-refractivity contribution in [3.8, 4) is 22.6 Å². The van der Waals surface area contributed by atoms with Gasteiger partial charge >= 0.3 is 0 Å². The number of carbonyl (C=O) groups excluding carboxylic acids is 1. The van der Waals surface area contributed by atoms with Crippen LogP contribution in [-0.4, -0.2) is 18.5 Å². The minimum absolute atomic E-state index is 0.315. The molecule has 1 aliphatic rings. The average molecular weight is 282 g/mol. The van der Waals surface area contributed by atoms with E-state index in [0.29, 0.717) is 11.3 Å². The number of fused-ring (bicyclic) bond motifs is 3. The third kappa shape index (κ3) is 1.92. The van der Waals surface area contributed by atoms with Crippen LogP contribution < -0.4 is 4.74 Å². The van der Waals surface area contributed by atoms with Gasteiger partial charge in [-0.1, -0.05) is 6.07 Å². The number of phenols is 1. The van der Waals surface area contributed by atoms with Crippen LogP contribution >= 0.6 is 0 Å². The molecular formula is C18H18O3. The number of hydrogen-bond donors (Lipinski definition) is 1. The minimum Gasteiger partial charge on any atom is -0.508 e. The smallest absolute Gasteiger partial charge is 0.150 e. The first-order valence-electron chi connectivity index (χ1n) is 7.06. The quantitative estimate of drug-likeness (QED) is 0.856. The Balaban J connectivity index is 2.37. The fraction of sp³-hybridized carbons (Fsp3) is 0.278. The van der Waals surface area contributed by atoms with E-state index in [-0.39, 0.29) is 0 Å². The number of hydrogen-bond acceptors (Lipinski definition) is 3. The Morgan fingerprint density at radius 1 is 1.14 bits per heavy atom. The van der Waals surface area contributed by atoms with Crippen LogP contribution in [0.5, 0.6) is 11.5 Å². The van der Waals surface area contributed by atoms with Crippen molar-refractivity contribution >= 4 is 6.29 Å². The molecule has 0 aromatic heterocycles. The first kappa shape index (κ1) is 13.7. The molecule has 21 heavy (non-hydrogen) atoms. The van der Waals surface area contributed by atoms with Gasteiger partial charge in [-0.3, -0.25) is 4.79 Å². The Bertz CT molecular complexity index is 745. The van der Waals surface area contributed by atoms with Crippen molar-refractivity contribution in [2.75, 3.05) is 7.11 Å². The van der Waals surface area contributed by atoms with E-state index in [4.69, 9.17) is 4.74 Å². The van der Waals surface area contributed by atoms with Crippen LogP contribution in [0.1, 0.15) is 32.6 Å². The third-order valence-corrected chi connectivity index (χ3v) is 4.51. The van der Waals surface area contributed by atoms with E-state index >= 15 is 0 Å². The maximum absolute atomic E-state index is 11.5. The second-order valence-electron chi connectivity index (χ2n) is 5.50. The lowest BCUT2D eigenvalue weighted by Gasteiger charge is -2.26. The number of aldehydes is 1. The van der Waals surface area contributed by atoms with E-state index < -0.39 is 0 Å². The molecule has 0 atom stereocenters. The molecule has 0 saturated carbocycles. The van der Waals surface area contributed by atoms with Gasteiger partial charge in [0.2, 0.25) is 0 Å². The molecule has 0 amide bonds. The zero-order chi connectivity index (χ0) is 15.1. The monoisotopic (exact) mass is 282 g/mol. The molecule has 1 aliphatic carbocycles. The number of ether oxygens (including phenoxy) is 1. The van der Waals surface area contributed by atoms with Gasteiger partial charge in [-0.25, -0.2) is 0 Å². The standard InChI is InChI=1S/C18H18O3/c1-10-13-4-5-14-11(2)17(21-3)8-12(9-19)18(14)15(13)6-7-16(10)20/h6-9,20H,4-5H2,1-3H3. The summed E-state index contributed by atoms with van der Waals surface area (Å²) >= 11 is 0. The van der Waals surface area contributed by atoms with Gasteiger partial charge in [0.05, 0.1) is 7.11 Å². The van der Waals surface area contributed by atoms with Crippen molar-refractivity contribution in [1.29, 1.82) is 0 Å². The van der Waals surface area contributed by atoms with E-state index in [1.165, 1.54) is 5.56 Å². The molecular weight excluding hydrogens is 264 g/mol. The van der Waals surface area contributed by atoms with Gasteiger partial charge < -0.3 is 9.84 Å². The predicted molar refractivity (Wildman–Crippen MR) is 82.4 cm³/mol. The maximum atomic E-state index is 11.5. The highest BCUT2D eigenvalue weighted by Gasteiger charge is 2.24. The SMILES string of the molecule is COc1cc(C=O)c2c(c1C)CCc1c-2ccc(O)c1C. The number of phenolic OH excluding ortho intramolecular Hbond substituents is 1. The van der Waals surface area contributed by atoms with E-state index in [1.807, 2.05) is 19.9 Å². The molecule has 0 aliphatic heterocycles. The van der Waals surface area contributed by atoms with Crippen LogP contribution in [0.4, 0.5) is 0 Å². The highest BCUT2D eigenvalue weighted by Crippen LogP contribution is 2.42. The molecule has 0 fully saturated rings. The summed E-state index contributed by atoms with van der Waals surface area (Å²) in [6.45, 7) is 3.96. The first-order chi connectivity index (χ1) is 10.1. The summed E-state index contributed by atoms with van der Waals surface area (Å²) in [5, 5.41) is 9.90. The summed E-state index contributed by atoms with van der Waals surface area (Å²) in [5.41, 5.74) is 7.01. The fourth-order valence-corrected chi connectivity index (χ4v) is 3.32. The van der Waals surface area contributed by atoms with Gasteiger partial charge in [0.15, 0.2) is 6.29 Å². The summed E-state index contributed by atoms with van der Waals surface area (Å²) < 4.78 is 5.39. The Kier molecular flexibility index (Phi) is 3.20. The average Bonchev–Trinajstić information content (AvgIpc) is 2.51. The lowest BCUT2D eigenvalue weighted by Crippen LogP contribution is -2.11. The molecule has 0 saturated heterocycles. The Labute approximate surface area is 124 Å². The Morgan fingerprint density at radius 2 is 1.86 bits per heavy atom. The van der Waals surface area contributed by atoms with Crippen molar-refractivity contribution in [2.45, 2.75) is 26.7 Å². The number of benzene rings is 2. The fourth-order valence-electron chi connectivity index (χ4n) is 3.32. The summed E-state index contributed by atoms with van der Waals surface area (Å²) in [5.74, 6) is 1.07. The van der Waals surface area contributed by atoms with Crippen molar-refractivity contribution in [3.63, 3.8) is 0 Å². The van der Waals surface area contributed by atoms with Crippen molar-refractivity contribution < 1.29 is 14.6 Å². The molecule has 3 heteroatoms. The zero-order valence-corrected chi connectivity index (χ0v) is 12.5. The molecule has 3 rings (SSSR count). The van der Waals surface area contributed by atoms with E-state index in [2.05, 4.69) is 0 Å². The van der Waals surface area contributed by atoms with Crippen molar-refractivity contribution in [1.82, 2.24) is 0 Å². The number of aromatic hydroxyl groups is 1. The molecule has 3 nitrogen and oxygen atoms in total. The normalized spacial score (nSPS) is 12.5. The van der Waals surface area contributed by atoms with Gasteiger partial charge in [0.1, 0.15) is 11.5 Å². The molecule has 0 radical (unpaired) electrons. The molecule has 0 heterocycles. The summed E-state index contributed by atoms with van der Waals surface area (Å²) in [4.78, 5) is 11.5. The van der Waals surface area contributed by atoms with E-state index in [1.54, 1.807) is 19.2 Å². The second kappa shape index (κ2) is 4.92. The lowest BCUT2D eigenvalue weighted by atomic mass is 9.79. The van der Waals surface area contributed by atoms with Gasteiger partial charge in [0.25, 0.3) is 0 Å².